The topological polar surface area (TPSA) is 109 Å². The predicted molar refractivity (Wildman–Crippen MR) is 183 cm³/mol. The Kier molecular flexibility index (Phi) is 24.4. The highest BCUT2D eigenvalue weighted by Gasteiger charge is 2.26. The highest BCUT2D eigenvalue weighted by Crippen LogP contribution is 2.33. The van der Waals surface area contributed by atoms with Gasteiger partial charge in [-0.25, -0.2) is 9.79 Å². The van der Waals surface area contributed by atoms with Crippen LogP contribution in [-0.2, 0) is 0 Å². The van der Waals surface area contributed by atoms with Crippen LogP contribution >= 0.6 is 0 Å². The molecule has 0 heterocycles. The molecule has 7 nitrogen and oxygen atoms in total. The van der Waals surface area contributed by atoms with Crippen molar-refractivity contribution in [2.24, 2.45) is 21.8 Å². The van der Waals surface area contributed by atoms with E-state index in [2.05, 4.69) is 28.9 Å². The van der Waals surface area contributed by atoms with Crippen LogP contribution in [0.15, 0.2) is 40.1 Å². The summed E-state index contributed by atoms with van der Waals surface area (Å²) in [5.41, 5.74) is 1.80. The van der Waals surface area contributed by atoms with Crippen LogP contribution in [0.25, 0.3) is 0 Å². The Morgan fingerprint density at radius 2 is 1.84 bits per heavy atom. The molecule has 2 unspecified atom stereocenters. The highest BCUT2D eigenvalue weighted by molar-refractivity contribution is 5.69. The monoisotopic (exact) mass is 594 g/mol. The number of unbranched alkanes of at least 4 members (excludes halogenated alkanes) is 1. The van der Waals surface area contributed by atoms with Gasteiger partial charge in [-0.2, -0.15) is 5.26 Å². The van der Waals surface area contributed by atoms with Crippen molar-refractivity contribution in [2.75, 3.05) is 6.54 Å². The van der Waals surface area contributed by atoms with Crippen LogP contribution in [0.1, 0.15) is 124 Å². The Balaban J connectivity index is 0. The molecule has 0 aliphatic heterocycles. The zero-order valence-corrected chi connectivity index (χ0v) is 28.4. The third-order valence-electron chi connectivity index (χ3n) is 6.68. The molecule has 1 aromatic carbocycles. The van der Waals surface area contributed by atoms with E-state index >= 15 is 0 Å². The molecule has 1 saturated carbocycles. The normalized spacial score (nSPS) is 16.4. The van der Waals surface area contributed by atoms with E-state index in [1.807, 2.05) is 46.8 Å². The van der Waals surface area contributed by atoms with Crippen molar-refractivity contribution in [3.05, 3.63) is 41.2 Å². The molecule has 2 rings (SSSR count). The van der Waals surface area contributed by atoms with Crippen molar-refractivity contribution in [1.29, 1.82) is 5.26 Å². The third-order valence-corrected chi connectivity index (χ3v) is 6.68. The summed E-state index contributed by atoms with van der Waals surface area (Å²) in [5.74, 6) is 4.03. The minimum absolute atomic E-state index is 0.389. The van der Waals surface area contributed by atoms with Gasteiger partial charge in [-0.3, -0.25) is 9.89 Å². The summed E-state index contributed by atoms with van der Waals surface area (Å²) in [6.45, 7) is 17.7. The molecule has 1 aliphatic rings. The number of rotatable bonds is 10. The van der Waals surface area contributed by atoms with E-state index in [1.165, 1.54) is 37.0 Å². The number of terminal acetylenes is 1. The molecule has 0 radical (unpaired) electrons. The molecule has 1 aliphatic carbocycles. The van der Waals surface area contributed by atoms with Crippen LogP contribution in [0.2, 0.25) is 0 Å². The Morgan fingerprint density at radius 1 is 1.21 bits per heavy atom. The lowest BCUT2D eigenvalue weighted by Gasteiger charge is -2.32. The molecule has 2 atom stereocenters. The lowest BCUT2D eigenvalue weighted by Crippen LogP contribution is -2.35. The molecule has 0 bridgehead atoms. The zero-order valence-electron chi connectivity index (χ0n) is 28.4. The van der Waals surface area contributed by atoms with Crippen LogP contribution in [0, 0.1) is 42.4 Å². The van der Waals surface area contributed by atoms with E-state index in [1.54, 1.807) is 45.3 Å². The highest BCUT2D eigenvalue weighted by atomic mass is 16.4. The number of hydrogen-bond acceptors (Lipinski definition) is 5. The van der Waals surface area contributed by atoms with E-state index in [4.69, 9.17) is 11.7 Å². The number of aryl methyl sites for hydroxylation is 1. The second-order valence-corrected chi connectivity index (χ2v) is 11.0. The molecule has 1 aromatic rings. The summed E-state index contributed by atoms with van der Waals surface area (Å²) in [5, 5.41) is 28.0. The fraction of sp³-hybridized carbons (Fsp3) is 0.611. The Bertz CT molecular complexity index is 1070. The Labute approximate surface area is 262 Å². The van der Waals surface area contributed by atoms with Gasteiger partial charge in [0.25, 0.3) is 0 Å². The van der Waals surface area contributed by atoms with Gasteiger partial charge in [0.05, 0.1) is 22.9 Å². The third kappa shape index (κ3) is 20.2. The van der Waals surface area contributed by atoms with Crippen molar-refractivity contribution < 1.29 is 15.0 Å². The van der Waals surface area contributed by atoms with Crippen molar-refractivity contribution in [1.82, 2.24) is 4.90 Å². The van der Waals surface area contributed by atoms with Crippen molar-refractivity contribution in [3.8, 4) is 18.4 Å². The fourth-order valence-corrected chi connectivity index (χ4v) is 4.52. The molecule has 1 fully saturated rings. The van der Waals surface area contributed by atoms with Gasteiger partial charge in [0.2, 0.25) is 0 Å². The molecule has 1 amide bonds. The molecule has 2 N–H and O–H groups in total. The van der Waals surface area contributed by atoms with Gasteiger partial charge in [-0.1, -0.05) is 59.8 Å². The summed E-state index contributed by atoms with van der Waals surface area (Å²) in [7, 11) is 0. The summed E-state index contributed by atoms with van der Waals surface area (Å²) in [6.07, 6.45) is 18.6. The maximum atomic E-state index is 11.7. The number of hydrogen-bond donors (Lipinski definition) is 2. The van der Waals surface area contributed by atoms with Crippen LogP contribution < -0.4 is 0 Å². The standard InChI is InChI=1S/C20H36N2O3.C10H10N2.C4H6.C2H6/c1-5-7-9-16-10-8-11-17(14-16)15-22(19(23)24)18(6-2)21-13-12-20(3,4)25;1-3-12-10-5-4-9(7-11)6-8(10)2;1-3-4-2;1-2/h6,13,16-17,25H,5,7-12,14-15H2,1-4H3,(H,23,24);3-6H,1-2H3;1H,4H2,2H3;1-2H3/b18-6+,21-13-;;;. The molecule has 0 spiro atoms. The molecule has 0 aromatic heterocycles. The average molecular weight is 595 g/mol. The lowest BCUT2D eigenvalue weighted by molar-refractivity contribution is 0.0897. The van der Waals surface area contributed by atoms with Crippen LogP contribution in [0.3, 0.4) is 0 Å². The lowest BCUT2D eigenvalue weighted by atomic mass is 9.79. The number of nitrogens with zero attached hydrogens (tertiary/aromatic N) is 4. The molecule has 7 heteroatoms. The molecule has 0 saturated heterocycles. The number of carbonyl (C=O) groups is 1. The fourth-order valence-electron chi connectivity index (χ4n) is 4.52. The van der Waals surface area contributed by atoms with E-state index in [9.17, 15) is 15.0 Å². The van der Waals surface area contributed by atoms with Gasteiger partial charge in [0.1, 0.15) is 5.82 Å². The van der Waals surface area contributed by atoms with Crippen molar-refractivity contribution >= 4 is 24.2 Å². The number of carboxylic acid groups (broad SMARTS) is 1. The van der Waals surface area contributed by atoms with E-state index in [0.29, 0.717) is 30.3 Å². The second-order valence-electron chi connectivity index (χ2n) is 11.0. The smallest absolute Gasteiger partial charge is 0.413 e. The maximum Gasteiger partial charge on any atom is 0.413 e. The van der Waals surface area contributed by atoms with E-state index < -0.39 is 11.7 Å². The first kappa shape index (κ1) is 41.7. The van der Waals surface area contributed by atoms with Gasteiger partial charge >= 0.3 is 6.09 Å². The molecule has 240 valence electrons. The van der Waals surface area contributed by atoms with Gasteiger partial charge in [0.15, 0.2) is 0 Å². The number of amides is 1. The van der Waals surface area contributed by atoms with Gasteiger partial charge in [-0.15, -0.1) is 12.3 Å². The van der Waals surface area contributed by atoms with E-state index in [0.717, 1.165) is 36.4 Å². The van der Waals surface area contributed by atoms with Crippen molar-refractivity contribution in [2.45, 2.75) is 126 Å². The van der Waals surface area contributed by atoms with Gasteiger partial charge < -0.3 is 10.2 Å². The van der Waals surface area contributed by atoms with E-state index in [-0.39, 0.29) is 0 Å². The minimum Gasteiger partial charge on any atom is -0.465 e. The molecule has 43 heavy (non-hydrogen) atoms. The Morgan fingerprint density at radius 3 is 2.30 bits per heavy atom. The number of allylic oxidation sites excluding steroid dienone is 1. The SMILES string of the molecule is C#CCC.C/C=C(\N=C/CC(C)(C)O)N(CC1CCCC(CCCC)C1)C(=O)O.CC.CC=Nc1ccc(C#N)cc1C. The molecular formula is C36H58N4O3. The van der Waals surface area contributed by atoms with Gasteiger partial charge in [0, 0.05) is 31.8 Å². The van der Waals surface area contributed by atoms with Gasteiger partial charge in [-0.05, 0) is 89.1 Å². The van der Waals surface area contributed by atoms with Crippen LogP contribution in [0.4, 0.5) is 10.5 Å². The summed E-state index contributed by atoms with van der Waals surface area (Å²) < 4.78 is 0. The Hall–Kier alpha value is -3.42. The summed E-state index contributed by atoms with van der Waals surface area (Å²) in [4.78, 5) is 21.6. The second kappa shape index (κ2) is 25.1. The number of aliphatic hydroxyl groups is 1. The quantitative estimate of drug-likeness (QED) is 0.207. The predicted octanol–water partition coefficient (Wildman–Crippen LogP) is 9.70. The first-order valence-corrected chi connectivity index (χ1v) is 15.8. The first-order valence-electron chi connectivity index (χ1n) is 15.8. The van der Waals surface area contributed by atoms with Crippen LogP contribution in [-0.4, -0.2) is 45.8 Å². The number of benzene rings is 1. The number of nitriles is 1. The maximum absolute atomic E-state index is 11.7. The first-order chi connectivity index (χ1) is 20.5. The summed E-state index contributed by atoms with van der Waals surface area (Å²) >= 11 is 0. The largest absolute Gasteiger partial charge is 0.465 e. The zero-order chi connectivity index (χ0) is 33.3. The van der Waals surface area contributed by atoms with Crippen molar-refractivity contribution in [3.63, 3.8) is 0 Å². The average Bonchev–Trinajstić information content (AvgIpc) is 2.99. The summed E-state index contributed by atoms with van der Waals surface area (Å²) in [6, 6.07) is 7.55. The minimum atomic E-state index is -0.954. The number of aliphatic imine (C=N–C) groups is 2. The molecular weight excluding hydrogens is 536 g/mol. The van der Waals surface area contributed by atoms with Crippen LogP contribution in [0.5, 0.6) is 0 Å².